The van der Waals surface area contributed by atoms with Crippen molar-refractivity contribution in [3.8, 4) is 0 Å². The number of piperidine rings is 1. The first-order chi connectivity index (χ1) is 8.81. The van der Waals surface area contributed by atoms with Gasteiger partial charge in [-0.3, -0.25) is 0 Å². The molecule has 2 rings (SSSR count). The Labute approximate surface area is 109 Å². The highest BCUT2D eigenvalue weighted by atomic mass is 19.1. The summed E-state index contributed by atoms with van der Waals surface area (Å²) < 4.78 is 13.9. The van der Waals surface area contributed by atoms with E-state index >= 15 is 0 Å². The van der Waals surface area contributed by atoms with Crippen molar-refractivity contribution in [1.82, 2.24) is 10.2 Å². The van der Waals surface area contributed by atoms with Crippen molar-refractivity contribution in [2.24, 2.45) is 0 Å². The molecule has 100 valence electrons. The van der Waals surface area contributed by atoms with E-state index in [4.69, 9.17) is 0 Å². The molecular weight excluding hydrogens is 227 g/mol. The molecule has 1 aromatic rings. The van der Waals surface area contributed by atoms with Crippen molar-refractivity contribution in [3.05, 3.63) is 35.6 Å². The lowest BCUT2D eigenvalue weighted by Crippen LogP contribution is -2.38. The predicted molar refractivity (Wildman–Crippen MR) is 73.1 cm³/mol. The lowest BCUT2D eigenvalue weighted by molar-refractivity contribution is 0.204. The summed E-state index contributed by atoms with van der Waals surface area (Å²) in [6.45, 7) is 6.15. The van der Waals surface area contributed by atoms with Crippen molar-refractivity contribution in [1.29, 1.82) is 0 Å². The molecule has 1 atom stereocenters. The van der Waals surface area contributed by atoms with Crippen LogP contribution < -0.4 is 5.32 Å². The van der Waals surface area contributed by atoms with Gasteiger partial charge in [0, 0.05) is 18.2 Å². The van der Waals surface area contributed by atoms with Crippen LogP contribution in [0.1, 0.15) is 37.8 Å². The molecule has 0 radical (unpaired) electrons. The summed E-state index contributed by atoms with van der Waals surface area (Å²) in [5.74, 6) is -0.0968. The van der Waals surface area contributed by atoms with Gasteiger partial charge in [-0.1, -0.05) is 31.5 Å². The minimum Gasteiger partial charge on any atom is -0.309 e. The second-order valence-corrected chi connectivity index (χ2v) is 4.99. The third kappa shape index (κ3) is 3.53. The highest BCUT2D eigenvalue weighted by Gasteiger charge is 2.19. The highest BCUT2D eigenvalue weighted by Crippen LogP contribution is 2.20. The fourth-order valence-electron chi connectivity index (χ4n) is 2.68. The van der Waals surface area contributed by atoms with E-state index in [1.165, 1.54) is 19.3 Å². The van der Waals surface area contributed by atoms with Crippen LogP contribution >= 0.6 is 0 Å². The van der Waals surface area contributed by atoms with E-state index in [1.807, 2.05) is 12.1 Å². The van der Waals surface area contributed by atoms with Gasteiger partial charge in [-0.15, -0.1) is 0 Å². The SMILES string of the molecule is CCNC(CN1CCCCC1)c1ccccc1F. The van der Waals surface area contributed by atoms with Gasteiger partial charge in [-0.05, 0) is 38.5 Å². The molecule has 0 aliphatic carbocycles. The molecule has 1 fully saturated rings. The molecule has 1 aliphatic heterocycles. The van der Waals surface area contributed by atoms with Gasteiger partial charge in [0.15, 0.2) is 0 Å². The molecule has 0 spiro atoms. The maximum atomic E-state index is 13.9. The molecule has 0 saturated carbocycles. The van der Waals surface area contributed by atoms with Crippen LogP contribution in [0.5, 0.6) is 0 Å². The molecule has 2 nitrogen and oxygen atoms in total. The van der Waals surface area contributed by atoms with Gasteiger partial charge in [0.05, 0.1) is 0 Å². The number of rotatable bonds is 5. The van der Waals surface area contributed by atoms with Gasteiger partial charge in [0.1, 0.15) is 5.82 Å². The number of benzene rings is 1. The summed E-state index contributed by atoms with van der Waals surface area (Å²) in [5, 5.41) is 3.41. The third-order valence-corrected chi connectivity index (χ3v) is 3.62. The number of halogens is 1. The van der Waals surface area contributed by atoms with E-state index in [2.05, 4.69) is 17.1 Å². The predicted octanol–water partition coefficient (Wildman–Crippen LogP) is 2.96. The number of likely N-dealkylation sites (tertiary alicyclic amines) is 1. The van der Waals surface area contributed by atoms with E-state index in [0.29, 0.717) is 0 Å². The largest absolute Gasteiger partial charge is 0.309 e. The lowest BCUT2D eigenvalue weighted by Gasteiger charge is -2.31. The van der Waals surface area contributed by atoms with Gasteiger partial charge < -0.3 is 10.2 Å². The molecule has 0 aromatic heterocycles. The molecule has 1 unspecified atom stereocenters. The molecular formula is C15H23FN2. The molecule has 0 bridgehead atoms. The van der Waals surface area contributed by atoms with Crippen molar-refractivity contribution in [3.63, 3.8) is 0 Å². The summed E-state index contributed by atoms with van der Waals surface area (Å²) in [6, 6.07) is 7.22. The van der Waals surface area contributed by atoms with E-state index < -0.39 is 0 Å². The zero-order chi connectivity index (χ0) is 12.8. The fourth-order valence-corrected chi connectivity index (χ4v) is 2.68. The first-order valence-corrected chi connectivity index (χ1v) is 7.01. The summed E-state index contributed by atoms with van der Waals surface area (Å²) in [7, 11) is 0. The van der Waals surface area contributed by atoms with Crippen LogP contribution in [0.15, 0.2) is 24.3 Å². The van der Waals surface area contributed by atoms with Crippen molar-refractivity contribution < 1.29 is 4.39 Å². The average Bonchev–Trinajstić information content (AvgIpc) is 2.40. The first kappa shape index (κ1) is 13.5. The number of nitrogens with zero attached hydrogens (tertiary/aromatic N) is 1. The third-order valence-electron chi connectivity index (χ3n) is 3.62. The van der Waals surface area contributed by atoms with Crippen molar-refractivity contribution >= 4 is 0 Å². The number of hydrogen-bond acceptors (Lipinski definition) is 2. The van der Waals surface area contributed by atoms with Gasteiger partial charge in [0.2, 0.25) is 0 Å². The van der Waals surface area contributed by atoms with Crippen LogP contribution in [-0.4, -0.2) is 31.1 Å². The Kier molecular flexibility index (Phi) is 5.14. The zero-order valence-electron chi connectivity index (χ0n) is 11.2. The number of nitrogens with one attached hydrogen (secondary N) is 1. The van der Waals surface area contributed by atoms with Crippen LogP contribution in [0.25, 0.3) is 0 Å². The monoisotopic (exact) mass is 250 g/mol. The minimum absolute atomic E-state index is 0.0968. The molecule has 1 aromatic carbocycles. The van der Waals surface area contributed by atoms with Crippen molar-refractivity contribution in [2.75, 3.05) is 26.2 Å². The molecule has 1 aliphatic rings. The molecule has 1 N–H and O–H groups in total. The standard InChI is InChI=1S/C15H23FN2/c1-2-17-15(12-18-10-6-3-7-11-18)13-8-4-5-9-14(13)16/h4-5,8-9,15,17H,2-3,6-7,10-12H2,1H3. The average molecular weight is 250 g/mol. The quantitative estimate of drug-likeness (QED) is 0.864. The highest BCUT2D eigenvalue weighted by molar-refractivity contribution is 5.21. The summed E-state index contributed by atoms with van der Waals surface area (Å²) in [5.41, 5.74) is 0.796. The molecule has 1 saturated heterocycles. The topological polar surface area (TPSA) is 15.3 Å². The van der Waals surface area contributed by atoms with E-state index in [0.717, 1.165) is 31.7 Å². The first-order valence-electron chi connectivity index (χ1n) is 7.01. The fraction of sp³-hybridized carbons (Fsp3) is 0.600. The minimum atomic E-state index is -0.0968. The second-order valence-electron chi connectivity index (χ2n) is 4.99. The van der Waals surface area contributed by atoms with Gasteiger partial charge in [-0.25, -0.2) is 4.39 Å². The molecule has 3 heteroatoms. The number of hydrogen-bond donors (Lipinski definition) is 1. The Balaban J connectivity index is 2.05. The Morgan fingerprint density at radius 1 is 1.22 bits per heavy atom. The molecule has 1 heterocycles. The number of likely N-dealkylation sites (N-methyl/N-ethyl adjacent to an activating group) is 1. The Bertz CT molecular complexity index is 361. The van der Waals surface area contributed by atoms with E-state index in [9.17, 15) is 4.39 Å². The summed E-state index contributed by atoms with van der Waals surface area (Å²) in [4.78, 5) is 2.45. The van der Waals surface area contributed by atoms with Crippen LogP contribution in [0.4, 0.5) is 4.39 Å². The van der Waals surface area contributed by atoms with Gasteiger partial charge >= 0.3 is 0 Å². The Hall–Kier alpha value is -0.930. The lowest BCUT2D eigenvalue weighted by atomic mass is 10.0. The van der Waals surface area contributed by atoms with Crippen molar-refractivity contribution in [2.45, 2.75) is 32.2 Å². The zero-order valence-corrected chi connectivity index (χ0v) is 11.2. The van der Waals surface area contributed by atoms with Crippen LogP contribution in [0.2, 0.25) is 0 Å². The Morgan fingerprint density at radius 2 is 1.94 bits per heavy atom. The van der Waals surface area contributed by atoms with E-state index in [1.54, 1.807) is 12.1 Å². The maximum absolute atomic E-state index is 13.9. The molecule has 0 amide bonds. The Morgan fingerprint density at radius 3 is 2.61 bits per heavy atom. The normalized spacial score (nSPS) is 18.8. The van der Waals surface area contributed by atoms with Crippen LogP contribution in [-0.2, 0) is 0 Å². The smallest absolute Gasteiger partial charge is 0.128 e. The van der Waals surface area contributed by atoms with Gasteiger partial charge in [0.25, 0.3) is 0 Å². The molecule has 18 heavy (non-hydrogen) atoms. The second kappa shape index (κ2) is 6.86. The van der Waals surface area contributed by atoms with Crippen LogP contribution in [0, 0.1) is 5.82 Å². The summed E-state index contributed by atoms with van der Waals surface area (Å²) in [6.07, 6.45) is 3.88. The van der Waals surface area contributed by atoms with Crippen LogP contribution in [0.3, 0.4) is 0 Å². The maximum Gasteiger partial charge on any atom is 0.128 e. The van der Waals surface area contributed by atoms with Gasteiger partial charge in [-0.2, -0.15) is 0 Å². The summed E-state index contributed by atoms with van der Waals surface area (Å²) >= 11 is 0. The van der Waals surface area contributed by atoms with E-state index in [-0.39, 0.29) is 11.9 Å².